The van der Waals surface area contributed by atoms with Crippen LogP contribution >= 0.6 is 0 Å². The van der Waals surface area contributed by atoms with Crippen LogP contribution in [0.5, 0.6) is 0 Å². The van der Waals surface area contributed by atoms with Gasteiger partial charge in [0.2, 0.25) is 0 Å². The number of benzene rings is 2. The lowest BCUT2D eigenvalue weighted by Crippen LogP contribution is -3.16. The zero-order chi connectivity index (χ0) is 18.1. The molecule has 3 aromatic rings. The summed E-state index contributed by atoms with van der Waals surface area (Å²) >= 11 is 0. The molecule has 0 saturated heterocycles. The zero-order valence-corrected chi connectivity index (χ0v) is 14.5. The van der Waals surface area contributed by atoms with Gasteiger partial charge in [0.15, 0.2) is 12.7 Å². The van der Waals surface area contributed by atoms with Gasteiger partial charge in [-0.1, -0.05) is 36.4 Å². The van der Waals surface area contributed by atoms with Gasteiger partial charge >= 0.3 is 5.97 Å². The smallest absolute Gasteiger partial charge is 0.365 e. The van der Waals surface area contributed by atoms with Gasteiger partial charge < -0.3 is 9.64 Å². The second kappa shape index (κ2) is 6.72. The summed E-state index contributed by atoms with van der Waals surface area (Å²) in [5.41, 5.74) is 2.95. The molecular formula is C20H20N3O3+. The average molecular weight is 350 g/mol. The molecule has 26 heavy (non-hydrogen) atoms. The van der Waals surface area contributed by atoms with Crippen molar-refractivity contribution < 1.29 is 14.4 Å². The first-order valence-corrected chi connectivity index (χ1v) is 8.60. The molecule has 0 bridgehead atoms. The first kappa shape index (κ1) is 16.5. The summed E-state index contributed by atoms with van der Waals surface area (Å²) in [6, 6.07) is 15.1. The van der Waals surface area contributed by atoms with Crippen molar-refractivity contribution in [3.8, 4) is 0 Å². The number of carbonyl (C=O) groups excluding carboxylic acids is 1. The van der Waals surface area contributed by atoms with E-state index in [0.29, 0.717) is 30.5 Å². The van der Waals surface area contributed by atoms with Crippen LogP contribution in [0.15, 0.2) is 59.7 Å². The van der Waals surface area contributed by atoms with Crippen LogP contribution in [0.2, 0.25) is 0 Å². The first-order chi connectivity index (χ1) is 12.7. The Balaban J connectivity index is 1.70. The Morgan fingerprint density at radius 2 is 1.92 bits per heavy atom. The number of hydrogen-bond acceptors (Lipinski definition) is 4. The molecule has 1 aromatic heterocycles. The molecule has 2 heterocycles. The number of quaternary nitrogens is 1. The molecule has 1 aliphatic heterocycles. The van der Waals surface area contributed by atoms with E-state index in [0.717, 1.165) is 10.5 Å². The highest BCUT2D eigenvalue weighted by Crippen LogP contribution is 2.14. The maximum Gasteiger partial charge on any atom is 0.365 e. The Bertz CT molecular complexity index is 1030. The third-order valence-corrected chi connectivity index (χ3v) is 5.04. The maximum absolute atomic E-state index is 12.8. The summed E-state index contributed by atoms with van der Waals surface area (Å²) in [7, 11) is 1.41. The minimum absolute atomic E-state index is 0.0921. The molecule has 0 amide bonds. The summed E-state index contributed by atoms with van der Waals surface area (Å²) in [4.78, 5) is 30.5. The lowest BCUT2D eigenvalue weighted by atomic mass is 9.94. The number of nitrogens with one attached hydrogen (secondary N) is 1. The molecule has 1 aliphatic rings. The van der Waals surface area contributed by atoms with Crippen LogP contribution in [-0.4, -0.2) is 28.7 Å². The Hall–Kier alpha value is -2.99. The summed E-state index contributed by atoms with van der Waals surface area (Å²) < 4.78 is 6.60. The number of ether oxygens (including phenoxy) is 1. The van der Waals surface area contributed by atoms with Crippen LogP contribution in [0.1, 0.15) is 11.1 Å². The predicted octanol–water partition coefficient (Wildman–Crippen LogP) is 0.537. The molecule has 0 spiro atoms. The number of esters is 1. The van der Waals surface area contributed by atoms with Gasteiger partial charge in [0.05, 0.1) is 18.0 Å². The first-order valence-electron chi connectivity index (χ1n) is 8.60. The van der Waals surface area contributed by atoms with Crippen molar-refractivity contribution in [2.24, 2.45) is 0 Å². The quantitative estimate of drug-likeness (QED) is 0.700. The van der Waals surface area contributed by atoms with Gasteiger partial charge in [-0.25, -0.2) is 14.3 Å². The Morgan fingerprint density at radius 3 is 2.73 bits per heavy atom. The fourth-order valence-electron chi connectivity index (χ4n) is 3.66. The van der Waals surface area contributed by atoms with Crippen molar-refractivity contribution in [3.05, 3.63) is 76.3 Å². The van der Waals surface area contributed by atoms with Gasteiger partial charge in [-0.3, -0.25) is 4.79 Å². The Kier molecular flexibility index (Phi) is 4.26. The molecule has 4 rings (SSSR count). The SMILES string of the molecule is COC(=O)[C@H]1Cc2ccccc2C[NH+]1Cn1cnc2ccccc2c1=O. The van der Waals surface area contributed by atoms with Crippen LogP contribution in [0.3, 0.4) is 0 Å². The van der Waals surface area contributed by atoms with E-state index in [9.17, 15) is 9.59 Å². The van der Waals surface area contributed by atoms with Crippen LogP contribution in [0.4, 0.5) is 0 Å². The fraction of sp³-hybridized carbons (Fsp3) is 0.250. The van der Waals surface area contributed by atoms with Gasteiger partial charge in [0.1, 0.15) is 12.9 Å². The standard InChI is InChI=1S/C20H19N3O3/c1-26-20(25)18-10-14-6-2-3-7-15(14)11-22(18)13-23-12-21-17-9-5-4-8-16(17)19(23)24/h2-9,12,18H,10-11,13H2,1H3/p+1/t18-/m1/s1. The summed E-state index contributed by atoms with van der Waals surface area (Å²) in [5.74, 6) is -0.253. The normalized spacial score (nSPS) is 19.1. The number of carbonyl (C=O) groups is 1. The number of methoxy groups -OCH3 is 1. The molecule has 0 saturated carbocycles. The third kappa shape index (κ3) is 2.88. The van der Waals surface area contributed by atoms with Crippen molar-refractivity contribution in [2.45, 2.75) is 25.7 Å². The molecule has 2 aromatic carbocycles. The predicted molar refractivity (Wildman–Crippen MR) is 96.6 cm³/mol. The van der Waals surface area contributed by atoms with E-state index in [-0.39, 0.29) is 17.6 Å². The van der Waals surface area contributed by atoms with Crippen LogP contribution < -0.4 is 10.5 Å². The fourth-order valence-corrected chi connectivity index (χ4v) is 3.66. The van der Waals surface area contributed by atoms with Crippen LogP contribution in [0, 0.1) is 0 Å². The molecule has 1 N–H and O–H groups in total. The van der Waals surface area contributed by atoms with Gasteiger partial charge in [-0.15, -0.1) is 0 Å². The Labute approximate surface area is 150 Å². The highest BCUT2D eigenvalue weighted by molar-refractivity contribution is 5.77. The summed E-state index contributed by atoms with van der Waals surface area (Å²) in [6.45, 7) is 1.03. The van der Waals surface area contributed by atoms with E-state index in [1.807, 2.05) is 36.4 Å². The molecule has 2 atom stereocenters. The van der Waals surface area contributed by atoms with Crippen molar-refractivity contribution in [3.63, 3.8) is 0 Å². The minimum atomic E-state index is -0.340. The number of rotatable bonds is 3. The topological polar surface area (TPSA) is 65.6 Å². The molecule has 1 unspecified atom stereocenters. The van der Waals surface area contributed by atoms with E-state index in [1.165, 1.54) is 12.7 Å². The third-order valence-electron chi connectivity index (χ3n) is 5.04. The summed E-state index contributed by atoms with van der Waals surface area (Å²) in [6.07, 6.45) is 2.17. The van der Waals surface area contributed by atoms with Gasteiger partial charge in [0.25, 0.3) is 5.56 Å². The van der Waals surface area contributed by atoms with Crippen molar-refractivity contribution in [1.29, 1.82) is 0 Å². The zero-order valence-electron chi connectivity index (χ0n) is 14.5. The number of aromatic nitrogens is 2. The number of fused-ring (bicyclic) bond motifs is 2. The molecular weight excluding hydrogens is 330 g/mol. The number of nitrogens with zero attached hydrogens (tertiary/aromatic N) is 2. The molecule has 0 fully saturated rings. The van der Waals surface area contributed by atoms with E-state index in [4.69, 9.17) is 4.74 Å². The average Bonchev–Trinajstić information content (AvgIpc) is 2.69. The lowest BCUT2D eigenvalue weighted by Gasteiger charge is -2.32. The molecule has 6 heteroatoms. The highest BCUT2D eigenvalue weighted by Gasteiger charge is 2.36. The molecule has 132 valence electrons. The van der Waals surface area contributed by atoms with Crippen molar-refractivity contribution in [2.75, 3.05) is 7.11 Å². The largest absolute Gasteiger partial charge is 0.465 e. The highest BCUT2D eigenvalue weighted by atomic mass is 16.5. The van der Waals surface area contributed by atoms with E-state index >= 15 is 0 Å². The molecule has 0 radical (unpaired) electrons. The van der Waals surface area contributed by atoms with Crippen molar-refractivity contribution >= 4 is 16.9 Å². The van der Waals surface area contributed by atoms with Crippen LogP contribution in [-0.2, 0) is 29.2 Å². The second-order valence-electron chi connectivity index (χ2n) is 6.58. The summed E-state index contributed by atoms with van der Waals surface area (Å²) in [5, 5.41) is 0.585. The molecule has 6 nitrogen and oxygen atoms in total. The second-order valence-corrected chi connectivity index (χ2v) is 6.58. The maximum atomic E-state index is 12.8. The monoisotopic (exact) mass is 350 g/mol. The molecule has 0 aliphatic carbocycles. The number of hydrogen-bond donors (Lipinski definition) is 1. The number of para-hydroxylation sites is 1. The lowest BCUT2D eigenvalue weighted by molar-refractivity contribution is -0.954. The van der Waals surface area contributed by atoms with Gasteiger partial charge in [-0.05, 0) is 17.7 Å². The van der Waals surface area contributed by atoms with Gasteiger partial charge in [0, 0.05) is 12.0 Å². The van der Waals surface area contributed by atoms with Crippen LogP contribution in [0.25, 0.3) is 10.9 Å². The van der Waals surface area contributed by atoms with Crippen molar-refractivity contribution in [1.82, 2.24) is 9.55 Å². The Morgan fingerprint density at radius 1 is 1.19 bits per heavy atom. The van der Waals surface area contributed by atoms with E-state index < -0.39 is 0 Å². The van der Waals surface area contributed by atoms with E-state index in [1.54, 1.807) is 17.0 Å². The van der Waals surface area contributed by atoms with E-state index in [2.05, 4.69) is 11.1 Å². The van der Waals surface area contributed by atoms with Gasteiger partial charge in [-0.2, -0.15) is 0 Å². The minimum Gasteiger partial charge on any atom is -0.465 e.